The van der Waals surface area contributed by atoms with Crippen molar-refractivity contribution in [2.45, 2.75) is 52.4 Å². The van der Waals surface area contributed by atoms with Crippen LogP contribution in [0.1, 0.15) is 52.4 Å². The maximum Gasteiger partial charge on any atom is 0.124 e. The highest BCUT2D eigenvalue weighted by molar-refractivity contribution is 5.91. The number of pyridine rings is 1. The molecule has 0 spiro atoms. The number of fused-ring (bicyclic) bond motifs is 1. The summed E-state index contributed by atoms with van der Waals surface area (Å²) in [5, 5.41) is 0.937. The Morgan fingerprint density at radius 2 is 1.85 bits per heavy atom. The molecule has 1 aliphatic heterocycles. The van der Waals surface area contributed by atoms with Crippen LogP contribution >= 0.6 is 0 Å². The predicted molar refractivity (Wildman–Crippen MR) is 113 cm³/mol. The Bertz CT molecular complexity index is 706. The van der Waals surface area contributed by atoms with E-state index in [0.29, 0.717) is 0 Å². The fraction of sp³-hybridized carbons (Fsp3) is 0.609. The first-order valence-corrected chi connectivity index (χ1v) is 10.7. The number of anilines is 1. The first-order valence-electron chi connectivity index (χ1n) is 10.7. The summed E-state index contributed by atoms with van der Waals surface area (Å²) < 4.78 is 13.7. The minimum atomic E-state index is -0.184. The van der Waals surface area contributed by atoms with Crippen molar-refractivity contribution in [2.24, 2.45) is 5.92 Å². The zero-order chi connectivity index (χ0) is 19.1. The Balaban J connectivity index is 1.45. The molecule has 2 heterocycles. The zero-order valence-electron chi connectivity index (χ0n) is 17.0. The topological polar surface area (TPSA) is 19.4 Å². The number of hydrogen-bond acceptors (Lipinski definition) is 3. The second-order valence-electron chi connectivity index (χ2n) is 7.80. The van der Waals surface area contributed by atoms with Crippen molar-refractivity contribution in [2.75, 3.05) is 37.6 Å². The zero-order valence-corrected chi connectivity index (χ0v) is 17.0. The van der Waals surface area contributed by atoms with Crippen LogP contribution in [0.2, 0.25) is 0 Å². The molecule has 1 fully saturated rings. The molecule has 0 unspecified atom stereocenters. The molecule has 0 radical (unpaired) electrons. The van der Waals surface area contributed by atoms with Crippen LogP contribution in [0.5, 0.6) is 0 Å². The smallest absolute Gasteiger partial charge is 0.124 e. The number of nitrogens with zero attached hydrogens (tertiary/aromatic N) is 3. The van der Waals surface area contributed by atoms with Gasteiger partial charge in [-0.1, -0.05) is 33.1 Å². The van der Waals surface area contributed by atoms with Crippen molar-refractivity contribution in [1.29, 1.82) is 0 Å². The summed E-state index contributed by atoms with van der Waals surface area (Å²) in [6.45, 7) is 10.2. The highest BCUT2D eigenvalue weighted by Gasteiger charge is 2.20. The average molecular weight is 372 g/mol. The molecule has 0 amide bonds. The van der Waals surface area contributed by atoms with Gasteiger partial charge in [0, 0.05) is 30.4 Å². The summed E-state index contributed by atoms with van der Waals surface area (Å²) in [6.07, 6.45) is 9.73. The summed E-state index contributed by atoms with van der Waals surface area (Å²) >= 11 is 0. The van der Waals surface area contributed by atoms with Crippen molar-refractivity contribution in [3.8, 4) is 0 Å². The van der Waals surface area contributed by atoms with Gasteiger partial charge in [0.15, 0.2) is 0 Å². The van der Waals surface area contributed by atoms with Crippen molar-refractivity contribution < 1.29 is 4.39 Å². The molecular formula is C23H34FN3. The van der Waals surface area contributed by atoms with E-state index in [1.165, 1.54) is 64.2 Å². The number of halogens is 1. The summed E-state index contributed by atoms with van der Waals surface area (Å²) in [4.78, 5) is 9.31. The fourth-order valence-corrected chi connectivity index (χ4v) is 4.33. The predicted octanol–water partition coefficient (Wildman–Crippen LogP) is 5.49. The molecule has 2 aromatic rings. The van der Waals surface area contributed by atoms with Gasteiger partial charge >= 0.3 is 0 Å². The summed E-state index contributed by atoms with van der Waals surface area (Å²) in [5.74, 6) is 0.663. The van der Waals surface area contributed by atoms with Crippen molar-refractivity contribution >= 4 is 16.6 Å². The van der Waals surface area contributed by atoms with E-state index in [-0.39, 0.29) is 5.82 Å². The van der Waals surface area contributed by atoms with E-state index in [2.05, 4.69) is 28.6 Å². The molecule has 148 valence electrons. The molecule has 0 N–H and O–H groups in total. The number of piperidine rings is 1. The molecule has 1 aromatic heterocycles. The van der Waals surface area contributed by atoms with Crippen LogP contribution < -0.4 is 4.90 Å². The lowest BCUT2D eigenvalue weighted by Crippen LogP contribution is -2.33. The molecule has 0 bridgehead atoms. The van der Waals surface area contributed by atoms with Crippen LogP contribution in [0.25, 0.3) is 10.9 Å². The van der Waals surface area contributed by atoms with Crippen LogP contribution in [-0.4, -0.2) is 42.6 Å². The number of benzene rings is 1. The average Bonchev–Trinajstić information content (AvgIpc) is 2.71. The van der Waals surface area contributed by atoms with Crippen molar-refractivity contribution in [3.63, 3.8) is 0 Å². The largest absolute Gasteiger partial charge is 0.371 e. The summed E-state index contributed by atoms with van der Waals surface area (Å²) in [6, 6.07) is 6.93. The monoisotopic (exact) mass is 371 g/mol. The van der Waals surface area contributed by atoms with Gasteiger partial charge in [0.2, 0.25) is 0 Å². The lowest BCUT2D eigenvalue weighted by atomic mass is 9.91. The molecular weight excluding hydrogens is 337 g/mol. The van der Waals surface area contributed by atoms with E-state index >= 15 is 0 Å². The Kier molecular flexibility index (Phi) is 7.45. The van der Waals surface area contributed by atoms with Crippen LogP contribution in [0.3, 0.4) is 0 Å². The SMILES string of the molecule is CCN(CC)CCCCCC1CCN(c2ccnc3ccc(F)cc23)CC1. The second kappa shape index (κ2) is 10.0. The van der Waals surface area contributed by atoms with Crippen LogP contribution in [-0.2, 0) is 0 Å². The van der Waals surface area contributed by atoms with E-state index < -0.39 is 0 Å². The minimum absolute atomic E-state index is 0.184. The number of hydrogen-bond donors (Lipinski definition) is 0. The lowest BCUT2D eigenvalue weighted by Gasteiger charge is -2.34. The fourth-order valence-electron chi connectivity index (χ4n) is 4.33. The molecule has 1 aromatic carbocycles. The molecule has 1 saturated heterocycles. The quantitative estimate of drug-likeness (QED) is 0.543. The van der Waals surface area contributed by atoms with Gasteiger partial charge < -0.3 is 9.80 Å². The van der Waals surface area contributed by atoms with Crippen molar-refractivity contribution in [3.05, 3.63) is 36.3 Å². The molecule has 3 nitrogen and oxygen atoms in total. The molecule has 27 heavy (non-hydrogen) atoms. The van der Waals surface area contributed by atoms with Crippen molar-refractivity contribution in [1.82, 2.24) is 9.88 Å². The van der Waals surface area contributed by atoms with E-state index in [1.54, 1.807) is 12.1 Å². The summed E-state index contributed by atoms with van der Waals surface area (Å²) in [7, 11) is 0. The Morgan fingerprint density at radius 1 is 1.07 bits per heavy atom. The highest BCUT2D eigenvalue weighted by Crippen LogP contribution is 2.31. The van der Waals surface area contributed by atoms with Gasteiger partial charge in [-0.15, -0.1) is 0 Å². The Labute approximate surface area is 163 Å². The maximum absolute atomic E-state index is 13.7. The minimum Gasteiger partial charge on any atom is -0.371 e. The van der Waals surface area contributed by atoms with Crippen LogP contribution in [0.4, 0.5) is 10.1 Å². The number of rotatable bonds is 9. The number of unbranched alkanes of at least 4 members (excludes halogenated alkanes) is 2. The first kappa shape index (κ1) is 20.1. The normalized spacial score (nSPS) is 15.8. The number of aromatic nitrogens is 1. The van der Waals surface area contributed by atoms with E-state index in [9.17, 15) is 4.39 Å². The lowest BCUT2D eigenvalue weighted by molar-refractivity contribution is 0.291. The third kappa shape index (κ3) is 5.41. The molecule has 0 aliphatic carbocycles. The van der Waals surface area contributed by atoms with Gasteiger partial charge in [-0.25, -0.2) is 4.39 Å². The van der Waals surface area contributed by atoms with E-state index in [4.69, 9.17) is 0 Å². The third-order valence-electron chi connectivity index (χ3n) is 6.12. The Morgan fingerprint density at radius 3 is 2.59 bits per heavy atom. The van der Waals surface area contributed by atoms with E-state index in [0.717, 1.165) is 35.6 Å². The maximum atomic E-state index is 13.7. The molecule has 0 saturated carbocycles. The standard InChI is InChI=1S/C23H34FN3/c1-3-26(4-2)15-7-5-6-8-19-12-16-27(17-13-19)23-11-14-25-22-10-9-20(24)18-21(22)23/h9-11,14,18-19H,3-8,12-13,15-17H2,1-2H3. The highest BCUT2D eigenvalue weighted by atomic mass is 19.1. The first-order chi connectivity index (χ1) is 13.2. The van der Waals surface area contributed by atoms with E-state index in [1.807, 2.05) is 12.3 Å². The van der Waals surface area contributed by atoms with Gasteiger partial charge in [-0.3, -0.25) is 4.98 Å². The third-order valence-corrected chi connectivity index (χ3v) is 6.12. The molecule has 0 atom stereocenters. The van der Waals surface area contributed by atoms with Gasteiger partial charge in [0.1, 0.15) is 5.82 Å². The van der Waals surface area contributed by atoms with Gasteiger partial charge in [0.05, 0.1) is 5.52 Å². The van der Waals surface area contributed by atoms with Gasteiger partial charge in [0.25, 0.3) is 0 Å². The van der Waals surface area contributed by atoms with Gasteiger partial charge in [-0.05, 0) is 69.1 Å². The second-order valence-corrected chi connectivity index (χ2v) is 7.80. The van der Waals surface area contributed by atoms with Crippen LogP contribution in [0.15, 0.2) is 30.5 Å². The molecule has 3 rings (SSSR count). The van der Waals surface area contributed by atoms with Crippen LogP contribution in [0, 0.1) is 11.7 Å². The summed E-state index contributed by atoms with van der Waals surface area (Å²) in [5.41, 5.74) is 2.02. The molecule has 4 heteroatoms. The molecule has 1 aliphatic rings. The van der Waals surface area contributed by atoms with Gasteiger partial charge in [-0.2, -0.15) is 0 Å². The Hall–Kier alpha value is -1.68.